The number of aliphatic hydroxyl groups excluding tert-OH is 1. The standard InChI is InChI=1S/C18H32O6.C11H20O5.C7H14O2/c1-5-8-14(4)11-18(21)24-15(12-22-16(19)9-6-2)13-23-17(20)10-7-3;1-3-5-10(13)15-7-9(12)8-16-11(14)6-4-2;1-3-4-6(2)5-7(8)9/h14-15H,5-13H2,1-4H3;9,12H,3-8H2,1-2H3;6H,3-5H2,1-2H3,(H,8,9). The first-order chi connectivity index (χ1) is 23.2. The molecule has 288 valence electrons. The summed E-state index contributed by atoms with van der Waals surface area (Å²) < 4.78 is 25.0. The molecule has 0 aromatic carbocycles. The lowest BCUT2D eigenvalue weighted by atomic mass is 10.0. The van der Waals surface area contributed by atoms with Crippen LogP contribution in [0.1, 0.15) is 145 Å². The van der Waals surface area contributed by atoms with Crippen molar-refractivity contribution in [2.24, 2.45) is 11.8 Å². The largest absolute Gasteiger partial charge is 0.481 e. The molecular formula is C36H66O13. The van der Waals surface area contributed by atoms with Crippen LogP contribution in [0.15, 0.2) is 0 Å². The van der Waals surface area contributed by atoms with Gasteiger partial charge in [0, 0.05) is 38.5 Å². The number of hydrogen-bond donors (Lipinski definition) is 2. The van der Waals surface area contributed by atoms with E-state index in [1.807, 2.05) is 41.5 Å². The van der Waals surface area contributed by atoms with Gasteiger partial charge >= 0.3 is 35.8 Å². The molecule has 0 rings (SSSR count). The third kappa shape index (κ3) is 37.4. The van der Waals surface area contributed by atoms with Crippen LogP contribution >= 0.6 is 0 Å². The maximum Gasteiger partial charge on any atom is 0.306 e. The zero-order valence-corrected chi connectivity index (χ0v) is 31.4. The Balaban J connectivity index is -0.000000724. The highest BCUT2D eigenvalue weighted by molar-refractivity contribution is 5.71. The molecule has 2 atom stereocenters. The Morgan fingerprint density at radius 3 is 1.12 bits per heavy atom. The highest BCUT2D eigenvalue weighted by Gasteiger charge is 2.20. The average molecular weight is 707 g/mol. The molecule has 0 spiro atoms. The molecule has 0 saturated heterocycles. The van der Waals surface area contributed by atoms with E-state index in [4.69, 9.17) is 28.8 Å². The number of carboxylic acid groups (broad SMARTS) is 1. The molecule has 0 amide bonds. The fourth-order valence-electron chi connectivity index (χ4n) is 4.03. The second kappa shape index (κ2) is 34.6. The van der Waals surface area contributed by atoms with Gasteiger partial charge in [-0.3, -0.25) is 28.8 Å². The number of ether oxygens (including phenoxy) is 5. The van der Waals surface area contributed by atoms with Crippen LogP contribution in [0.4, 0.5) is 0 Å². The molecule has 0 heterocycles. The van der Waals surface area contributed by atoms with Gasteiger partial charge in [0.05, 0.1) is 0 Å². The molecule has 13 nitrogen and oxygen atoms in total. The Bertz CT molecular complexity index is 846. The van der Waals surface area contributed by atoms with Crippen molar-refractivity contribution >= 4 is 35.8 Å². The van der Waals surface area contributed by atoms with Crippen LogP contribution in [-0.4, -0.2) is 84.7 Å². The SMILES string of the molecule is CCCC(=O)OCC(COC(=O)CCC)OC(=O)CC(C)CCC.CCCC(=O)OCC(O)COC(=O)CCC.CCCC(C)CC(=O)O. The van der Waals surface area contributed by atoms with Gasteiger partial charge in [-0.1, -0.05) is 81.1 Å². The van der Waals surface area contributed by atoms with Crippen molar-refractivity contribution in [2.45, 2.75) is 157 Å². The fraction of sp³-hybridized carbons (Fsp3) is 0.833. The molecule has 2 unspecified atom stereocenters. The maximum absolute atomic E-state index is 12.0. The highest BCUT2D eigenvalue weighted by atomic mass is 16.6. The number of hydrogen-bond acceptors (Lipinski definition) is 12. The van der Waals surface area contributed by atoms with Crippen LogP contribution in [0.3, 0.4) is 0 Å². The lowest BCUT2D eigenvalue weighted by molar-refractivity contribution is -0.167. The molecular weight excluding hydrogens is 640 g/mol. The van der Waals surface area contributed by atoms with E-state index in [-0.39, 0.29) is 62.2 Å². The van der Waals surface area contributed by atoms with Gasteiger partial charge in [-0.15, -0.1) is 0 Å². The molecule has 0 aromatic heterocycles. The Hall–Kier alpha value is -3.22. The summed E-state index contributed by atoms with van der Waals surface area (Å²) in [5, 5.41) is 17.6. The number of esters is 5. The maximum atomic E-state index is 12.0. The van der Waals surface area contributed by atoms with Crippen LogP contribution in [0.5, 0.6) is 0 Å². The van der Waals surface area contributed by atoms with Crippen molar-refractivity contribution in [1.82, 2.24) is 0 Å². The quantitative estimate of drug-likeness (QED) is 0.0791. The van der Waals surface area contributed by atoms with E-state index in [0.29, 0.717) is 70.1 Å². The summed E-state index contributed by atoms with van der Waals surface area (Å²) in [5.41, 5.74) is 0. The molecule has 0 bridgehead atoms. The second-order valence-corrected chi connectivity index (χ2v) is 12.1. The zero-order valence-electron chi connectivity index (χ0n) is 31.4. The van der Waals surface area contributed by atoms with Crippen molar-refractivity contribution in [3.63, 3.8) is 0 Å². The monoisotopic (exact) mass is 706 g/mol. The highest BCUT2D eigenvalue weighted by Crippen LogP contribution is 2.12. The van der Waals surface area contributed by atoms with Gasteiger partial charge in [0.25, 0.3) is 0 Å². The van der Waals surface area contributed by atoms with Crippen LogP contribution in [0.25, 0.3) is 0 Å². The Morgan fingerprint density at radius 1 is 0.490 bits per heavy atom. The van der Waals surface area contributed by atoms with E-state index in [9.17, 15) is 33.9 Å². The van der Waals surface area contributed by atoms with Crippen LogP contribution in [0, 0.1) is 11.8 Å². The molecule has 0 fully saturated rings. The first kappa shape index (κ1) is 50.2. The number of carbonyl (C=O) groups excluding carboxylic acids is 5. The third-order valence-corrected chi connectivity index (χ3v) is 6.45. The van der Waals surface area contributed by atoms with Crippen LogP contribution in [-0.2, 0) is 52.5 Å². The summed E-state index contributed by atoms with van der Waals surface area (Å²) >= 11 is 0. The summed E-state index contributed by atoms with van der Waals surface area (Å²) in [6.45, 7) is 15.1. The van der Waals surface area contributed by atoms with Gasteiger partial charge < -0.3 is 33.9 Å². The Labute approximate surface area is 294 Å². The topological polar surface area (TPSA) is 189 Å². The van der Waals surface area contributed by atoms with Crippen molar-refractivity contribution in [3.8, 4) is 0 Å². The van der Waals surface area contributed by atoms with Gasteiger partial charge in [0.15, 0.2) is 6.10 Å². The predicted molar refractivity (Wildman–Crippen MR) is 184 cm³/mol. The van der Waals surface area contributed by atoms with Crippen LogP contribution < -0.4 is 0 Å². The third-order valence-electron chi connectivity index (χ3n) is 6.45. The normalized spacial score (nSPS) is 11.6. The first-order valence-electron chi connectivity index (χ1n) is 17.9. The molecule has 0 aromatic rings. The molecule has 0 aliphatic heterocycles. The van der Waals surface area contributed by atoms with E-state index in [0.717, 1.165) is 25.7 Å². The summed E-state index contributed by atoms with van der Waals surface area (Å²) in [7, 11) is 0. The summed E-state index contributed by atoms with van der Waals surface area (Å²) in [6, 6.07) is 0. The lowest BCUT2D eigenvalue weighted by Crippen LogP contribution is -2.31. The van der Waals surface area contributed by atoms with E-state index >= 15 is 0 Å². The van der Waals surface area contributed by atoms with Crippen molar-refractivity contribution in [2.75, 3.05) is 26.4 Å². The van der Waals surface area contributed by atoms with E-state index in [1.165, 1.54) is 0 Å². The molecule has 0 aliphatic rings. The molecule has 0 saturated carbocycles. The van der Waals surface area contributed by atoms with Crippen LogP contribution in [0.2, 0.25) is 0 Å². The second-order valence-electron chi connectivity index (χ2n) is 12.1. The number of carbonyl (C=O) groups is 6. The summed E-state index contributed by atoms with van der Waals surface area (Å²) in [6.07, 6.45) is 7.03. The minimum Gasteiger partial charge on any atom is -0.481 e. The minimum absolute atomic E-state index is 0.0911. The molecule has 49 heavy (non-hydrogen) atoms. The zero-order chi connectivity index (χ0) is 38.0. The Morgan fingerprint density at radius 2 is 0.816 bits per heavy atom. The fourth-order valence-corrected chi connectivity index (χ4v) is 4.03. The molecule has 13 heteroatoms. The summed E-state index contributed by atoms with van der Waals surface area (Å²) in [5.74, 6) is -1.87. The summed E-state index contributed by atoms with van der Waals surface area (Å²) in [4.78, 5) is 66.9. The molecule has 0 aliphatic carbocycles. The number of rotatable bonds is 25. The van der Waals surface area contributed by atoms with Crippen molar-refractivity contribution in [3.05, 3.63) is 0 Å². The van der Waals surface area contributed by atoms with Gasteiger partial charge in [-0.25, -0.2) is 0 Å². The predicted octanol–water partition coefficient (Wildman–Crippen LogP) is 6.34. The van der Waals surface area contributed by atoms with E-state index in [1.54, 1.807) is 0 Å². The molecule has 0 radical (unpaired) electrons. The number of aliphatic hydroxyl groups is 1. The minimum atomic E-state index is -0.943. The molecule has 2 N–H and O–H groups in total. The van der Waals surface area contributed by atoms with Crippen molar-refractivity contribution < 1.29 is 62.7 Å². The first-order valence-corrected chi connectivity index (χ1v) is 17.9. The smallest absolute Gasteiger partial charge is 0.306 e. The van der Waals surface area contributed by atoms with E-state index in [2.05, 4.69) is 13.8 Å². The Kier molecular flexibility index (Phi) is 35.5. The van der Waals surface area contributed by atoms with Gasteiger partial charge in [-0.2, -0.15) is 0 Å². The lowest BCUT2D eigenvalue weighted by Gasteiger charge is -2.19. The van der Waals surface area contributed by atoms with Gasteiger partial charge in [-0.05, 0) is 37.5 Å². The van der Waals surface area contributed by atoms with E-state index < -0.39 is 18.2 Å². The average Bonchev–Trinajstić information content (AvgIpc) is 3.01. The van der Waals surface area contributed by atoms with Gasteiger partial charge in [0.2, 0.25) is 0 Å². The van der Waals surface area contributed by atoms with Gasteiger partial charge in [0.1, 0.15) is 32.5 Å². The number of carboxylic acids is 1. The number of aliphatic carboxylic acids is 1. The van der Waals surface area contributed by atoms with Crippen molar-refractivity contribution in [1.29, 1.82) is 0 Å².